The fraction of sp³-hybridized carbons (Fsp3) is 0.400. The molecule has 5 heteroatoms. The largest absolute Gasteiger partial charge is 0.309 e. The maximum absolute atomic E-state index is 11.9. The molecule has 20 heavy (non-hydrogen) atoms. The van der Waals surface area contributed by atoms with Crippen LogP contribution in [0.3, 0.4) is 0 Å². The first kappa shape index (κ1) is 14.2. The maximum Gasteiger partial charge on any atom is 0.230 e. The first-order valence-electron chi connectivity index (χ1n) is 6.62. The Morgan fingerprint density at radius 3 is 2.65 bits per heavy atom. The van der Waals surface area contributed by atoms with Crippen molar-refractivity contribution in [2.24, 2.45) is 0 Å². The standard InChI is InChI=1S/C15H20N4O/c1-10-5-6-11(9-16-10)7-14(20)17-13-8-12(18-19-13)15(2,3)4/h5-6,8-9H,7H2,1-4H3,(H2,17,18,19,20). The Bertz CT molecular complexity index is 593. The summed E-state index contributed by atoms with van der Waals surface area (Å²) in [6, 6.07) is 5.67. The summed E-state index contributed by atoms with van der Waals surface area (Å²) in [6.45, 7) is 8.18. The van der Waals surface area contributed by atoms with Gasteiger partial charge >= 0.3 is 0 Å². The molecule has 0 aliphatic heterocycles. The summed E-state index contributed by atoms with van der Waals surface area (Å²) >= 11 is 0. The van der Waals surface area contributed by atoms with Crippen LogP contribution in [0.1, 0.15) is 37.7 Å². The second-order valence-electron chi connectivity index (χ2n) is 5.95. The molecule has 5 nitrogen and oxygen atoms in total. The number of anilines is 1. The molecule has 2 aromatic rings. The van der Waals surface area contributed by atoms with Crippen molar-refractivity contribution >= 4 is 11.7 Å². The number of pyridine rings is 1. The van der Waals surface area contributed by atoms with Crippen molar-refractivity contribution in [1.29, 1.82) is 0 Å². The number of hydrogen-bond donors (Lipinski definition) is 2. The van der Waals surface area contributed by atoms with E-state index in [4.69, 9.17) is 0 Å². The van der Waals surface area contributed by atoms with Crippen molar-refractivity contribution in [3.8, 4) is 0 Å². The Labute approximate surface area is 118 Å². The molecule has 0 unspecified atom stereocenters. The summed E-state index contributed by atoms with van der Waals surface area (Å²) in [6.07, 6.45) is 2.02. The van der Waals surface area contributed by atoms with E-state index in [9.17, 15) is 4.79 Å². The highest BCUT2D eigenvalue weighted by molar-refractivity contribution is 5.91. The van der Waals surface area contributed by atoms with Gasteiger partial charge < -0.3 is 5.32 Å². The predicted octanol–water partition coefficient (Wildman–Crippen LogP) is 2.59. The van der Waals surface area contributed by atoms with Crippen LogP contribution >= 0.6 is 0 Å². The Hall–Kier alpha value is -2.17. The molecule has 0 fully saturated rings. The molecule has 0 aromatic carbocycles. The van der Waals surface area contributed by atoms with E-state index in [1.807, 2.05) is 25.1 Å². The molecule has 0 saturated carbocycles. The van der Waals surface area contributed by atoms with Gasteiger partial charge in [-0.15, -0.1) is 0 Å². The molecule has 0 aliphatic rings. The predicted molar refractivity (Wildman–Crippen MR) is 78.6 cm³/mol. The lowest BCUT2D eigenvalue weighted by Gasteiger charge is -2.14. The van der Waals surface area contributed by atoms with E-state index in [1.54, 1.807) is 6.20 Å². The summed E-state index contributed by atoms with van der Waals surface area (Å²) in [5.74, 6) is 0.461. The number of carbonyl (C=O) groups excluding carboxylic acids is 1. The van der Waals surface area contributed by atoms with E-state index in [0.717, 1.165) is 17.0 Å². The molecule has 2 N–H and O–H groups in total. The molecule has 0 atom stereocenters. The normalized spacial score (nSPS) is 11.4. The minimum absolute atomic E-state index is 0.0170. The zero-order chi connectivity index (χ0) is 14.8. The first-order valence-corrected chi connectivity index (χ1v) is 6.62. The maximum atomic E-state index is 11.9. The minimum Gasteiger partial charge on any atom is -0.309 e. The van der Waals surface area contributed by atoms with Crippen LogP contribution in [0.15, 0.2) is 24.4 Å². The molecule has 0 aliphatic carbocycles. The molecule has 0 saturated heterocycles. The fourth-order valence-corrected chi connectivity index (χ4v) is 1.75. The van der Waals surface area contributed by atoms with Gasteiger partial charge in [0.05, 0.1) is 6.42 Å². The second kappa shape index (κ2) is 5.45. The molecule has 1 amide bonds. The third kappa shape index (κ3) is 3.66. The highest BCUT2D eigenvalue weighted by Gasteiger charge is 2.17. The van der Waals surface area contributed by atoms with Crippen molar-refractivity contribution in [3.63, 3.8) is 0 Å². The number of nitrogens with one attached hydrogen (secondary N) is 2. The molecule has 0 radical (unpaired) electrons. The van der Waals surface area contributed by atoms with Gasteiger partial charge in [-0.05, 0) is 18.6 Å². The smallest absolute Gasteiger partial charge is 0.230 e. The molecule has 2 rings (SSSR count). The van der Waals surface area contributed by atoms with Crippen molar-refractivity contribution in [3.05, 3.63) is 41.3 Å². The van der Waals surface area contributed by atoms with Crippen molar-refractivity contribution in [2.45, 2.75) is 39.5 Å². The molecular formula is C15H20N4O. The third-order valence-electron chi connectivity index (χ3n) is 2.99. The Morgan fingerprint density at radius 1 is 1.35 bits per heavy atom. The minimum atomic E-state index is -0.0948. The summed E-state index contributed by atoms with van der Waals surface area (Å²) in [5.41, 5.74) is 2.80. The van der Waals surface area contributed by atoms with E-state index in [0.29, 0.717) is 12.2 Å². The lowest BCUT2D eigenvalue weighted by atomic mass is 9.92. The SMILES string of the molecule is Cc1ccc(CC(=O)Nc2cc(C(C)(C)C)[nH]n2)cn1. The summed E-state index contributed by atoms with van der Waals surface area (Å²) in [4.78, 5) is 16.1. The van der Waals surface area contributed by atoms with Crippen molar-refractivity contribution < 1.29 is 4.79 Å². The summed E-state index contributed by atoms with van der Waals surface area (Å²) in [7, 11) is 0. The van der Waals surface area contributed by atoms with E-state index < -0.39 is 0 Å². The lowest BCUT2D eigenvalue weighted by Crippen LogP contribution is -2.15. The molecular weight excluding hydrogens is 252 g/mol. The third-order valence-corrected chi connectivity index (χ3v) is 2.99. The van der Waals surface area contributed by atoms with Crippen LogP contribution in [0.2, 0.25) is 0 Å². The van der Waals surface area contributed by atoms with Gasteiger partial charge in [0.2, 0.25) is 5.91 Å². The van der Waals surface area contributed by atoms with Crippen molar-refractivity contribution in [1.82, 2.24) is 15.2 Å². The van der Waals surface area contributed by atoms with Crippen LogP contribution in [0.4, 0.5) is 5.82 Å². The average Bonchev–Trinajstić information content (AvgIpc) is 2.80. The molecule has 2 heterocycles. The second-order valence-corrected chi connectivity index (χ2v) is 5.95. The van der Waals surface area contributed by atoms with Gasteiger partial charge in [0.1, 0.15) is 0 Å². The number of rotatable bonds is 3. The summed E-state index contributed by atoms with van der Waals surface area (Å²) in [5, 5.41) is 9.84. The van der Waals surface area contributed by atoms with Gasteiger partial charge in [0.15, 0.2) is 5.82 Å². The van der Waals surface area contributed by atoms with E-state index in [-0.39, 0.29) is 11.3 Å². The van der Waals surface area contributed by atoms with Crippen LogP contribution in [0.5, 0.6) is 0 Å². The molecule has 0 bridgehead atoms. The molecule has 0 spiro atoms. The molecule has 106 valence electrons. The number of aryl methyl sites for hydroxylation is 1. The number of H-pyrrole nitrogens is 1. The highest BCUT2D eigenvalue weighted by atomic mass is 16.1. The van der Waals surface area contributed by atoms with Crippen molar-refractivity contribution in [2.75, 3.05) is 5.32 Å². The van der Waals surface area contributed by atoms with E-state index >= 15 is 0 Å². The van der Waals surface area contributed by atoms with Gasteiger partial charge in [-0.1, -0.05) is 26.8 Å². The van der Waals surface area contributed by atoms with Crippen LogP contribution in [0.25, 0.3) is 0 Å². The van der Waals surface area contributed by atoms with E-state index in [2.05, 4.69) is 41.3 Å². The lowest BCUT2D eigenvalue weighted by molar-refractivity contribution is -0.115. The van der Waals surface area contributed by atoms with Gasteiger partial charge in [0.25, 0.3) is 0 Å². The Kier molecular flexibility index (Phi) is 3.88. The number of carbonyl (C=O) groups is 1. The Balaban J connectivity index is 1.98. The first-order chi connectivity index (χ1) is 9.34. The number of aromatic amines is 1. The number of nitrogens with zero attached hydrogens (tertiary/aromatic N) is 2. The molecule has 2 aromatic heterocycles. The number of aromatic nitrogens is 3. The Morgan fingerprint density at radius 2 is 2.10 bits per heavy atom. The van der Waals surface area contributed by atoms with Gasteiger partial charge in [0, 0.05) is 29.1 Å². The van der Waals surface area contributed by atoms with Gasteiger partial charge in [-0.2, -0.15) is 5.10 Å². The van der Waals surface area contributed by atoms with E-state index in [1.165, 1.54) is 0 Å². The fourth-order valence-electron chi connectivity index (χ4n) is 1.75. The summed E-state index contributed by atoms with van der Waals surface area (Å²) < 4.78 is 0. The number of hydrogen-bond acceptors (Lipinski definition) is 3. The number of amides is 1. The monoisotopic (exact) mass is 272 g/mol. The van der Waals surface area contributed by atoms with Crippen LogP contribution in [-0.2, 0) is 16.6 Å². The van der Waals surface area contributed by atoms with Gasteiger partial charge in [-0.25, -0.2) is 0 Å². The van der Waals surface area contributed by atoms with Crippen LogP contribution in [-0.4, -0.2) is 21.1 Å². The average molecular weight is 272 g/mol. The van der Waals surface area contributed by atoms with Crippen LogP contribution < -0.4 is 5.32 Å². The highest BCUT2D eigenvalue weighted by Crippen LogP contribution is 2.21. The topological polar surface area (TPSA) is 70.7 Å². The zero-order valence-electron chi connectivity index (χ0n) is 12.3. The zero-order valence-corrected chi connectivity index (χ0v) is 12.3. The van der Waals surface area contributed by atoms with Gasteiger partial charge in [-0.3, -0.25) is 14.9 Å². The quantitative estimate of drug-likeness (QED) is 0.902. The van der Waals surface area contributed by atoms with Crippen LogP contribution in [0, 0.1) is 6.92 Å².